The van der Waals surface area contributed by atoms with E-state index in [1.54, 1.807) is 26.4 Å². The summed E-state index contributed by atoms with van der Waals surface area (Å²) in [7, 11) is 3.11. The third kappa shape index (κ3) is 4.75. The number of carbonyl (C=O) groups excluding carboxylic acids is 1. The Morgan fingerprint density at radius 3 is 2.43 bits per heavy atom. The van der Waals surface area contributed by atoms with E-state index in [2.05, 4.69) is 17.6 Å². The van der Waals surface area contributed by atoms with Crippen molar-refractivity contribution in [3.63, 3.8) is 0 Å². The first-order valence-corrected chi connectivity index (χ1v) is 9.56. The van der Waals surface area contributed by atoms with Gasteiger partial charge < -0.3 is 24.8 Å². The molecule has 1 heterocycles. The molecule has 1 aliphatic heterocycles. The average Bonchev–Trinajstić information content (AvgIpc) is 2.73. The molecule has 6 heteroatoms. The first-order chi connectivity index (χ1) is 13.6. The maximum atomic E-state index is 12.8. The topological polar surface area (TPSA) is 68.8 Å². The molecule has 2 atom stereocenters. The van der Waals surface area contributed by atoms with Crippen molar-refractivity contribution in [1.29, 1.82) is 0 Å². The maximum Gasteiger partial charge on any atom is 0.251 e. The molecule has 0 aliphatic carbocycles. The highest BCUT2D eigenvalue weighted by molar-refractivity contribution is 5.95. The van der Waals surface area contributed by atoms with Crippen LogP contribution in [0.4, 0.5) is 0 Å². The van der Waals surface area contributed by atoms with Crippen molar-refractivity contribution in [3.05, 3.63) is 53.6 Å². The highest BCUT2D eigenvalue weighted by atomic mass is 16.5. The Labute approximate surface area is 166 Å². The monoisotopic (exact) mass is 384 g/mol. The van der Waals surface area contributed by atoms with Crippen molar-refractivity contribution in [3.8, 4) is 17.2 Å². The summed E-state index contributed by atoms with van der Waals surface area (Å²) in [6.45, 7) is 4.31. The summed E-state index contributed by atoms with van der Waals surface area (Å²) in [5.41, 5.74) is 1.52. The van der Waals surface area contributed by atoms with Crippen LogP contribution < -0.4 is 24.8 Å². The van der Waals surface area contributed by atoms with Crippen molar-refractivity contribution in [2.45, 2.75) is 26.0 Å². The summed E-state index contributed by atoms with van der Waals surface area (Å²) >= 11 is 0. The molecule has 0 saturated carbocycles. The van der Waals surface area contributed by atoms with Crippen LogP contribution in [0.2, 0.25) is 0 Å². The summed E-state index contributed by atoms with van der Waals surface area (Å²) in [5.74, 6) is 1.71. The number of amides is 1. The van der Waals surface area contributed by atoms with Crippen LogP contribution in [0.25, 0.3) is 0 Å². The molecule has 0 radical (unpaired) electrons. The van der Waals surface area contributed by atoms with E-state index < -0.39 is 0 Å². The molecular formula is C22H28N2O4. The molecule has 1 saturated heterocycles. The van der Waals surface area contributed by atoms with Crippen LogP contribution in [0, 0.1) is 5.92 Å². The van der Waals surface area contributed by atoms with Gasteiger partial charge in [0.2, 0.25) is 5.75 Å². The Kier molecular flexibility index (Phi) is 6.76. The summed E-state index contributed by atoms with van der Waals surface area (Å²) in [6, 6.07) is 13.3. The molecule has 150 valence electrons. The number of benzene rings is 2. The van der Waals surface area contributed by atoms with E-state index in [0.29, 0.717) is 35.3 Å². The van der Waals surface area contributed by atoms with Crippen LogP contribution in [0.15, 0.2) is 42.5 Å². The third-order valence-corrected chi connectivity index (χ3v) is 5.09. The fourth-order valence-corrected chi connectivity index (χ4v) is 3.32. The van der Waals surface area contributed by atoms with Crippen LogP contribution >= 0.6 is 0 Å². The molecule has 0 spiro atoms. The van der Waals surface area contributed by atoms with E-state index in [1.165, 1.54) is 0 Å². The second-order valence-corrected chi connectivity index (χ2v) is 7.03. The number of nitrogens with one attached hydrogen (secondary N) is 2. The number of piperidine rings is 1. The number of carbonyl (C=O) groups is 1. The van der Waals surface area contributed by atoms with E-state index in [-0.39, 0.29) is 11.9 Å². The largest absolute Gasteiger partial charge is 0.493 e. The molecule has 28 heavy (non-hydrogen) atoms. The zero-order valence-electron chi connectivity index (χ0n) is 16.7. The molecule has 2 N–H and O–H groups in total. The predicted molar refractivity (Wildman–Crippen MR) is 108 cm³/mol. The van der Waals surface area contributed by atoms with Gasteiger partial charge in [0.25, 0.3) is 5.91 Å². The van der Waals surface area contributed by atoms with Gasteiger partial charge in [-0.25, -0.2) is 0 Å². The zero-order valence-corrected chi connectivity index (χ0v) is 16.7. The van der Waals surface area contributed by atoms with Gasteiger partial charge in [-0.3, -0.25) is 4.79 Å². The van der Waals surface area contributed by atoms with E-state index in [0.717, 1.165) is 25.1 Å². The van der Waals surface area contributed by atoms with E-state index in [4.69, 9.17) is 14.2 Å². The fourth-order valence-electron chi connectivity index (χ4n) is 3.32. The van der Waals surface area contributed by atoms with Gasteiger partial charge in [-0.1, -0.05) is 37.3 Å². The lowest BCUT2D eigenvalue weighted by atomic mass is 9.94. The van der Waals surface area contributed by atoms with Gasteiger partial charge in [-0.2, -0.15) is 0 Å². The van der Waals surface area contributed by atoms with Crippen molar-refractivity contribution < 1.29 is 19.0 Å². The number of ether oxygens (including phenoxy) is 3. The van der Waals surface area contributed by atoms with Crippen molar-refractivity contribution >= 4 is 5.91 Å². The van der Waals surface area contributed by atoms with Gasteiger partial charge in [-0.05, 0) is 36.6 Å². The summed E-state index contributed by atoms with van der Waals surface area (Å²) in [6.07, 6.45) is 1.05. The Bertz CT molecular complexity index is 769. The van der Waals surface area contributed by atoms with Crippen molar-refractivity contribution in [2.24, 2.45) is 5.92 Å². The first kappa shape index (κ1) is 20.0. The molecule has 3 rings (SSSR count). The average molecular weight is 384 g/mol. The molecule has 2 aromatic carbocycles. The van der Waals surface area contributed by atoms with Gasteiger partial charge in [0.15, 0.2) is 11.5 Å². The minimum absolute atomic E-state index is 0.104. The Balaban J connectivity index is 1.78. The fraction of sp³-hybridized carbons (Fsp3) is 0.409. The molecule has 1 aliphatic rings. The van der Waals surface area contributed by atoms with Crippen LogP contribution in [0.3, 0.4) is 0 Å². The number of hydrogen-bond donors (Lipinski definition) is 2. The molecule has 6 nitrogen and oxygen atoms in total. The van der Waals surface area contributed by atoms with Crippen LogP contribution in [0.1, 0.15) is 29.3 Å². The van der Waals surface area contributed by atoms with Crippen LogP contribution in [0.5, 0.6) is 17.2 Å². The van der Waals surface area contributed by atoms with Gasteiger partial charge >= 0.3 is 0 Å². The highest BCUT2D eigenvalue weighted by Crippen LogP contribution is 2.39. The maximum absolute atomic E-state index is 12.8. The molecule has 0 aromatic heterocycles. The molecule has 2 aromatic rings. The Morgan fingerprint density at radius 1 is 1.14 bits per heavy atom. The van der Waals surface area contributed by atoms with E-state index in [1.807, 2.05) is 30.3 Å². The summed E-state index contributed by atoms with van der Waals surface area (Å²) < 4.78 is 16.9. The molecule has 1 fully saturated rings. The first-order valence-electron chi connectivity index (χ1n) is 9.56. The van der Waals surface area contributed by atoms with Crippen LogP contribution in [-0.4, -0.2) is 39.3 Å². The normalized spacial score (nSPS) is 19.0. The van der Waals surface area contributed by atoms with Crippen molar-refractivity contribution in [2.75, 3.05) is 27.3 Å². The van der Waals surface area contributed by atoms with Gasteiger partial charge in [0, 0.05) is 18.2 Å². The van der Waals surface area contributed by atoms with E-state index in [9.17, 15) is 4.79 Å². The zero-order chi connectivity index (χ0) is 19.9. The lowest BCUT2D eigenvalue weighted by Gasteiger charge is -2.30. The number of methoxy groups -OCH3 is 2. The minimum Gasteiger partial charge on any atom is -0.493 e. The summed E-state index contributed by atoms with van der Waals surface area (Å²) in [4.78, 5) is 12.8. The Hall–Kier alpha value is -2.73. The SMILES string of the molecule is COc1cc(C(=O)NC2CNCCC2C)cc(OC)c1OCc1ccccc1. The van der Waals surface area contributed by atoms with Crippen molar-refractivity contribution in [1.82, 2.24) is 10.6 Å². The number of hydrogen-bond acceptors (Lipinski definition) is 5. The Morgan fingerprint density at radius 2 is 1.82 bits per heavy atom. The minimum atomic E-state index is -0.147. The second kappa shape index (κ2) is 9.46. The van der Waals surface area contributed by atoms with Gasteiger partial charge in [0.1, 0.15) is 6.61 Å². The van der Waals surface area contributed by atoms with E-state index >= 15 is 0 Å². The third-order valence-electron chi connectivity index (χ3n) is 5.09. The molecular weight excluding hydrogens is 356 g/mol. The van der Waals surface area contributed by atoms with Gasteiger partial charge in [0.05, 0.1) is 14.2 Å². The van der Waals surface area contributed by atoms with Crippen LogP contribution in [-0.2, 0) is 6.61 Å². The second-order valence-electron chi connectivity index (χ2n) is 7.03. The smallest absolute Gasteiger partial charge is 0.251 e. The van der Waals surface area contributed by atoms with Gasteiger partial charge in [-0.15, -0.1) is 0 Å². The predicted octanol–water partition coefficient (Wildman–Crippen LogP) is 3.01. The lowest BCUT2D eigenvalue weighted by molar-refractivity contribution is 0.0914. The molecule has 1 amide bonds. The number of rotatable bonds is 7. The summed E-state index contributed by atoms with van der Waals surface area (Å²) in [5, 5.41) is 6.44. The lowest BCUT2D eigenvalue weighted by Crippen LogP contribution is -2.50. The standard InChI is InChI=1S/C22H28N2O4/c1-15-9-10-23-13-18(15)24-22(25)17-11-19(26-2)21(20(12-17)27-3)28-14-16-7-5-4-6-8-16/h4-8,11-12,15,18,23H,9-10,13-14H2,1-3H3,(H,24,25). The molecule has 0 bridgehead atoms. The highest BCUT2D eigenvalue weighted by Gasteiger charge is 2.24. The quantitative estimate of drug-likeness (QED) is 0.768. The molecule has 2 unspecified atom stereocenters.